The van der Waals surface area contributed by atoms with E-state index in [1.165, 1.54) is 5.56 Å². The van der Waals surface area contributed by atoms with Crippen LogP contribution in [0.1, 0.15) is 19.4 Å². The Morgan fingerprint density at radius 1 is 1.13 bits per heavy atom. The molecule has 1 aromatic rings. The molecule has 0 unspecified atom stereocenters. The average Bonchev–Trinajstić information content (AvgIpc) is 2.15. The maximum Gasteiger partial charge on any atom is 0.0255 e. The maximum absolute atomic E-state index is 3.56. The van der Waals surface area contributed by atoms with Gasteiger partial charge in [-0.05, 0) is 33.5 Å². The number of hydrogen-bond donors (Lipinski definition) is 1. The molecule has 0 amide bonds. The number of likely N-dealkylation sites (N-methyl/N-ethyl adjacent to an activating group) is 1. The van der Waals surface area contributed by atoms with Crippen LogP contribution >= 0.6 is 0 Å². The molecule has 2 nitrogen and oxygen atoms in total. The van der Waals surface area contributed by atoms with Gasteiger partial charge in [-0.15, -0.1) is 0 Å². The van der Waals surface area contributed by atoms with Crippen molar-refractivity contribution in [2.45, 2.75) is 25.9 Å². The van der Waals surface area contributed by atoms with Gasteiger partial charge in [0, 0.05) is 18.6 Å². The molecule has 0 spiro atoms. The molecule has 0 atom stereocenters. The van der Waals surface area contributed by atoms with Crippen LogP contribution in [0.15, 0.2) is 30.3 Å². The van der Waals surface area contributed by atoms with E-state index >= 15 is 0 Å². The number of nitrogens with zero attached hydrogens (tertiary/aromatic N) is 1. The topological polar surface area (TPSA) is 15.3 Å². The number of hydrogen-bond acceptors (Lipinski definition) is 2. The normalized spacial score (nSPS) is 12.1. The Hall–Kier alpha value is -0.860. The first-order valence-corrected chi connectivity index (χ1v) is 5.43. The lowest BCUT2D eigenvalue weighted by Crippen LogP contribution is -2.46. The minimum Gasteiger partial charge on any atom is -0.308 e. The Morgan fingerprint density at radius 2 is 1.73 bits per heavy atom. The van der Waals surface area contributed by atoms with Crippen LogP contribution in [-0.4, -0.2) is 31.1 Å². The molecule has 0 aliphatic rings. The third-order valence-corrected chi connectivity index (χ3v) is 2.33. The van der Waals surface area contributed by atoms with E-state index in [1.54, 1.807) is 0 Å². The second kappa shape index (κ2) is 5.29. The van der Waals surface area contributed by atoms with E-state index in [-0.39, 0.29) is 5.54 Å². The lowest BCUT2D eigenvalue weighted by atomic mass is 10.0. The molecule has 1 aromatic carbocycles. The van der Waals surface area contributed by atoms with Crippen LogP contribution in [-0.2, 0) is 6.54 Å². The van der Waals surface area contributed by atoms with Crippen molar-refractivity contribution in [2.75, 3.05) is 20.6 Å². The minimum absolute atomic E-state index is 0.152. The van der Waals surface area contributed by atoms with Gasteiger partial charge in [-0.2, -0.15) is 0 Å². The zero-order valence-corrected chi connectivity index (χ0v) is 10.2. The Labute approximate surface area is 93.3 Å². The molecular weight excluding hydrogens is 184 g/mol. The Bertz CT molecular complexity index is 278. The van der Waals surface area contributed by atoms with Crippen LogP contribution in [0, 0.1) is 0 Å². The number of benzene rings is 1. The summed E-state index contributed by atoms with van der Waals surface area (Å²) in [6.07, 6.45) is 0. The highest BCUT2D eigenvalue weighted by atomic mass is 15.1. The first-order valence-electron chi connectivity index (χ1n) is 5.43. The van der Waals surface area contributed by atoms with Crippen LogP contribution in [0.25, 0.3) is 0 Å². The van der Waals surface area contributed by atoms with Crippen LogP contribution in [0.5, 0.6) is 0 Å². The van der Waals surface area contributed by atoms with Gasteiger partial charge in [0.05, 0.1) is 0 Å². The second-order valence-electron chi connectivity index (χ2n) is 4.96. The second-order valence-corrected chi connectivity index (χ2v) is 4.96. The van der Waals surface area contributed by atoms with Gasteiger partial charge in [0.15, 0.2) is 0 Å². The predicted molar refractivity (Wildman–Crippen MR) is 65.9 cm³/mol. The fourth-order valence-electron chi connectivity index (χ4n) is 1.78. The largest absolute Gasteiger partial charge is 0.308 e. The summed E-state index contributed by atoms with van der Waals surface area (Å²) in [5.41, 5.74) is 1.49. The molecule has 0 fully saturated rings. The summed E-state index contributed by atoms with van der Waals surface area (Å²) in [7, 11) is 4.21. The van der Waals surface area contributed by atoms with Crippen molar-refractivity contribution in [3.05, 3.63) is 35.9 Å². The zero-order chi connectivity index (χ0) is 11.3. The van der Waals surface area contributed by atoms with E-state index in [4.69, 9.17) is 0 Å². The van der Waals surface area contributed by atoms with Gasteiger partial charge in [-0.1, -0.05) is 30.3 Å². The third kappa shape index (κ3) is 4.96. The number of nitrogens with one attached hydrogen (secondary N) is 1. The molecule has 0 saturated heterocycles. The first kappa shape index (κ1) is 12.2. The molecule has 0 aliphatic heterocycles. The summed E-state index contributed by atoms with van der Waals surface area (Å²) in [5.74, 6) is 0. The molecular formula is C13H22N2. The van der Waals surface area contributed by atoms with Gasteiger partial charge in [-0.3, -0.25) is 0 Å². The van der Waals surface area contributed by atoms with E-state index < -0.39 is 0 Å². The van der Waals surface area contributed by atoms with E-state index in [2.05, 4.69) is 68.5 Å². The number of rotatable bonds is 5. The maximum atomic E-state index is 3.56. The molecule has 84 valence electrons. The SMILES string of the molecule is CN(C)CC(C)(C)NCc1ccccc1. The van der Waals surface area contributed by atoms with Crippen LogP contribution < -0.4 is 5.32 Å². The van der Waals surface area contributed by atoms with Gasteiger partial charge < -0.3 is 10.2 Å². The van der Waals surface area contributed by atoms with Crippen LogP contribution in [0.3, 0.4) is 0 Å². The highest BCUT2D eigenvalue weighted by Crippen LogP contribution is 2.06. The molecule has 1 N–H and O–H groups in total. The van der Waals surface area contributed by atoms with Crippen molar-refractivity contribution >= 4 is 0 Å². The van der Waals surface area contributed by atoms with Gasteiger partial charge >= 0.3 is 0 Å². The molecule has 0 aromatic heterocycles. The van der Waals surface area contributed by atoms with Gasteiger partial charge in [0.2, 0.25) is 0 Å². The van der Waals surface area contributed by atoms with Crippen molar-refractivity contribution in [1.82, 2.24) is 10.2 Å². The fraction of sp³-hybridized carbons (Fsp3) is 0.538. The van der Waals surface area contributed by atoms with Crippen molar-refractivity contribution in [2.24, 2.45) is 0 Å². The Morgan fingerprint density at radius 3 is 2.27 bits per heavy atom. The van der Waals surface area contributed by atoms with E-state index in [1.807, 2.05) is 0 Å². The summed E-state index contributed by atoms with van der Waals surface area (Å²) in [4.78, 5) is 2.21. The van der Waals surface area contributed by atoms with Gasteiger partial charge in [0.25, 0.3) is 0 Å². The smallest absolute Gasteiger partial charge is 0.0255 e. The molecule has 15 heavy (non-hydrogen) atoms. The van der Waals surface area contributed by atoms with Gasteiger partial charge in [0.1, 0.15) is 0 Å². The molecule has 0 radical (unpaired) electrons. The lowest BCUT2D eigenvalue weighted by Gasteiger charge is -2.29. The van der Waals surface area contributed by atoms with Crippen LogP contribution in [0.4, 0.5) is 0 Å². The summed E-state index contributed by atoms with van der Waals surface area (Å²) in [6, 6.07) is 10.5. The standard InChI is InChI=1S/C13H22N2/c1-13(2,11-15(3)4)14-10-12-8-6-5-7-9-12/h5-9,14H,10-11H2,1-4H3. The Kier molecular flexibility index (Phi) is 4.30. The molecule has 0 bridgehead atoms. The molecule has 0 aliphatic carbocycles. The molecule has 0 saturated carbocycles. The fourth-order valence-corrected chi connectivity index (χ4v) is 1.78. The van der Waals surface area contributed by atoms with E-state index in [0.717, 1.165) is 13.1 Å². The average molecular weight is 206 g/mol. The van der Waals surface area contributed by atoms with Crippen molar-refractivity contribution in [3.63, 3.8) is 0 Å². The van der Waals surface area contributed by atoms with Crippen molar-refractivity contribution in [1.29, 1.82) is 0 Å². The monoisotopic (exact) mass is 206 g/mol. The highest BCUT2D eigenvalue weighted by molar-refractivity contribution is 5.14. The lowest BCUT2D eigenvalue weighted by molar-refractivity contribution is 0.267. The summed E-state index contributed by atoms with van der Waals surface area (Å²) in [5, 5.41) is 3.56. The molecule has 2 heteroatoms. The van der Waals surface area contributed by atoms with Crippen molar-refractivity contribution < 1.29 is 0 Å². The summed E-state index contributed by atoms with van der Waals surface area (Å²) >= 11 is 0. The van der Waals surface area contributed by atoms with Crippen LogP contribution in [0.2, 0.25) is 0 Å². The quantitative estimate of drug-likeness (QED) is 0.794. The summed E-state index contributed by atoms with van der Waals surface area (Å²) < 4.78 is 0. The zero-order valence-electron chi connectivity index (χ0n) is 10.2. The molecule has 0 heterocycles. The predicted octanol–water partition coefficient (Wildman–Crippen LogP) is 2.12. The Balaban J connectivity index is 2.42. The minimum atomic E-state index is 0.152. The summed E-state index contributed by atoms with van der Waals surface area (Å²) in [6.45, 7) is 6.44. The van der Waals surface area contributed by atoms with Crippen molar-refractivity contribution in [3.8, 4) is 0 Å². The molecule has 1 rings (SSSR count). The van der Waals surface area contributed by atoms with Gasteiger partial charge in [-0.25, -0.2) is 0 Å². The first-order chi connectivity index (χ1) is 6.99. The highest BCUT2D eigenvalue weighted by Gasteiger charge is 2.17. The van der Waals surface area contributed by atoms with E-state index in [9.17, 15) is 0 Å². The third-order valence-electron chi connectivity index (χ3n) is 2.33. The van der Waals surface area contributed by atoms with E-state index in [0.29, 0.717) is 0 Å².